The Hall–Kier alpha value is -2.33. The molecule has 1 atom stereocenters. The average molecular weight is 375 g/mol. The van der Waals surface area contributed by atoms with Gasteiger partial charge < -0.3 is 0 Å². The summed E-state index contributed by atoms with van der Waals surface area (Å²) < 4.78 is 32.1. The molecule has 0 radical (unpaired) electrons. The van der Waals surface area contributed by atoms with E-state index in [1.54, 1.807) is 17.8 Å². The molecule has 0 aromatic carbocycles. The number of hydrogen-bond donors (Lipinski definition) is 1. The Labute approximate surface area is 151 Å². The summed E-state index contributed by atoms with van der Waals surface area (Å²) in [5, 5.41) is 9.45. The third-order valence-electron chi connectivity index (χ3n) is 4.68. The van der Waals surface area contributed by atoms with Gasteiger partial charge in [0.05, 0.1) is 11.7 Å². The zero-order chi connectivity index (χ0) is 18.5. The van der Waals surface area contributed by atoms with Gasteiger partial charge in [-0.2, -0.15) is 10.2 Å². The molecule has 3 aromatic rings. The first kappa shape index (κ1) is 17.1. The standard InChI is InChI=1S/C16H21N7O2S/c1-4-14-18-16-13(6-5-7-23(16)20-14)21-26(24,25)11-8-12-10(2)19-22(3)15(12)17-9-11/h8-9,13,21H,4-7H2,1-3H3/t13-/m0/s1. The van der Waals surface area contributed by atoms with Crippen molar-refractivity contribution >= 4 is 21.1 Å². The van der Waals surface area contributed by atoms with Crippen LogP contribution in [0.25, 0.3) is 11.0 Å². The van der Waals surface area contributed by atoms with Crippen molar-refractivity contribution in [3.63, 3.8) is 0 Å². The Bertz CT molecular complexity index is 1080. The van der Waals surface area contributed by atoms with Gasteiger partial charge in [-0.3, -0.25) is 4.68 Å². The summed E-state index contributed by atoms with van der Waals surface area (Å²) in [6.45, 7) is 4.59. The van der Waals surface area contributed by atoms with Crippen LogP contribution in [-0.2, 0) is 30.0 Å². The van der Waals surface area contributed by atoms with Gasteiger partial charge in [-0.1, -0.05) is 6.92 Å². The summed E-state index contributed by atoms with van der Waals surface area (Å²) in [4.78, 5) is 8.90. The van der Waals surface area contributed by atoms with E-state index >= 15 is 0 Å². The number of rotatable bonds is 4. The summed E-state index contributed by atoms with van der Waals surface area (Å²) in [6.07, 6.45) is 3.64. The fourth-order valence-corrected chi connectivity index (χ4v) is 4.55. The molecule has 26 heavy (non-hydrogen) atoms. The van der Waals surface area contributed by atoms with Gasteiger partial charge in [-0.15, -0.1) is 0 Å². The second-order valence-electron chi connectivity index (χ2n) is 6.53. The van der Waals surface area contributed by atoms with Crippen LogP contribution in [0.2, 0.25) is 0 Å². The van der Waals surface area contributed by atoms with Crippen LogP contribution >= 0.6 is 0 Å². The lowest BCUT2D eigenvalue weighted by Gasteiger charge is -2.22. The van der Waals surface area contributed by atoms with Gasteiger partial charge in [0, 0.05) is 31.6 Å². The minimum absolute atomic E-state index is 0.133. The first-order valence-electron chi connectivity index (χ1n) is 8.64. The van der Waals surface area contributed by atoms with Crippen molar-refractivity contribution in [2.24, 2.45) is 7.05 Å². The largest absolute Gasteiger partial charge is 0.250 e. The maximum Gasteiger partial charge on any atom is 0.242 e. The predicted octanol–water partition coefficient (Wildman–Crippen LogP) is 1.24. The Morgan fingerprint density at radius 1 is 1.35 bits per heavy atom. The fraction of sp³-hybridized carbons (Fsp3) is 0.500. The molecule has 4 heterocycles. The van der Waals surface area contributed by atoms with Crippen LogP contribution in [0.15, 0.2) is 17.2 Å². The highest BCUT2D eigenvalue weighted by Gasteiger charge is 2.29. The zero-order valence-corrected chi connectivity index (χ0v) is 15.8. The van der Waals surface area contributed by atoms with Crippen molar-refractivity contribution < 1.29 is 8.42 Å². The molecule has 0 bridgehead atoms. The maximum absolute atomic E-state index is 12.9. The molecule has 0 amide bonds. The molecule has 9 nitrogen and oxygen atoms in total. The molecular weight excluding hydrogens is 354 g/mol. The smallest absolute Gasteiger partial charge is 0.242 e. The molecule has 0 saturated heterocycles. The monoisotopic (exact) mass is 375 g/mol. The van der Waals surface area contributed by atoms with E-state index in [9.17, 15) is 8.42 Å². The fourth-order valence-electron chi connectivity index (χ4n) is 3.35. The summed E-state index contributed by atoms with van der Waals surface area (Å²) in [5.41, 5.74) is 1.41. The van der Waals surface area contributed by atoms with Gasteiger partial charge >= 0.3 is 0 Å². The number of sulfonamides is 1. The van der Waals surface area contributed by atoms with E-state index in [0.29, 0.717) is 17.9 Å². The van der Waals surface area contributed by atoms with Gasteiger partial charge in [0.15, 0.2) is 11.5 Å². The summed E-state index contributed by atoms with van der Waals surface area (Å²) in [5.74, 6) is 1.42. The quantitative estimate of drug-likeness (QED) is 0.735. The highest BCUT2D eigenvalue weighted by molar-refractivity contribution is 7.89. The molecule has 4 rings (SSSR count). The van der Waals surface area contributed by atoms with Crippen molar-refractivity contribution in [1.29, 1.82) is 0 Å². The molecule has 1 aliphatic rings. The molecule has 0 saturated carbocycles. The molecule has 1 aliphatic heterocycles. The lowest BCUT2D eigenvalue weighted by Crippen LogP contribution is -2.33. The van der Waals surface area contributed by atoms with Gasteiger partial charge in [-0.05, 0) is 25.8 Å². The molecule has 3 aromatic heterocycles. The molecule has 0 unspecified atom stereocenters. The molecule has 10 heteroatoms. The third kappa shape index (κ3) is 2.78. The van der Waals surface area contributed by atoms with Crippen LogP contribution in [-0.4, -0.2) is 37.9 Å². The number of pyridine rings is 1. The number of aromatic nitrogens is 6. The van der Waals surface area contributed by atoms with Crippen LogP contribution in [0.4, 0.5) is 0 Å². The summed E-state index contributed by atoms with van der Waals surface area (Å²) in [6, 6.07) is 1.24. The first-order chi connectivity index (χ1) is 12.4. The zero-order valence-electron chi connectivity index (χ0n) is 15.0. The van der Waals surface area contributed by atoms with E-state index in [0.717, 1.165) is 36.3 Å². The molecule has 0 aliphatic carbocycles. The Morgan fingerprint density at radius 3 is 2.92 bits per heavy atom. The van der Waals surface area contributed by atoms with Crippen LogP contribution in [0.1, 0.15) is 43.1 Å². The van der Waals surface area contributed by atoms with Crippen molar-refractivity contribution in [3.05, 3.63) is 29.6 Å². The van der Waals surface area contributed by atoms with E-state index in [2.05, 4.69) is 24.9 Å². The van der Waals surface area contributed by atoms with Gasteiger partial charge in [-0.25, -0.2) is 27.8 Å². The minimum Gasteiger partial charge on any atom is -0.250 e. The second-order valence-corrected chi connectivity index (χ2v) is 8.24. The van der Waals surface area contributed by atoms with Crippen LogP contribution in [0.5, 0.6) is 0 Å². The van der Waals surface area contributed by atoms with Crippen LogP contribution < -0.4 is 4.72 Å². The maximum atomic E-state index is 12.9. The molecule has 0 fully saturated rings. The SMILES string of the molecule is CCc1nc2n(n1)CCC[C@@H]2NS(=O)(=O)c1cnc2c(c1)c(C)nn2C. The number of fused-ring (bicyclic) bond motifs is 2. The van der Waals surface area contributed by atoms with Gasteiger partial charge in [0.2, 0.25) is 10.0 Å². The Balaban J connectivity index is 1.68. The van der Waals surface area contributed by atoms with E-state index < -0.39 is 10.0 Å². The number of nitrogens with zero attached hydrogens (tertiary/aromatic N) is 6. The second kappa shape index (κ2) is 6.13. The summed E-state index contributed by atoms with van der Waals surface area (Å²) >= 11 is 0. The predicted molar refractivity (Wildman–Crippen MR) is 94.9 cm³/mol. The highest BCUT2D eigenvalue weighted by atomic mass is 32.2. The topological polar surface area (TPSA) is 108 Å². The van der Waals surface area contributed by atoms with Crippen molar-refractivity contribution in [2.75, 3.05) is 0 Å². The highest BCUT2D eigenvalue weighted by Crippen LogP contribution is 2.26. The minimum atomic E-state index is -3.73. The van der Waals surface area contributed by atoms with E-state index in [1.165, 1.54) is 6.20 Å². The summed E-state index contributed by atoms with van der Waals surface area (Å²) in [7, 11) is -1.94. The molecule has 1 N–H and O–H groups in total. The average Bonchev–Trinajstić information content (AvgIpc) is 3.16. The van der Waals surface area contributed by atoms with Gasteiger partial charge in [0.1, 0.15) is 10.7 Å². The normalized spacial score (nSPS) is 17.6. The van der Waals surface area contributed by atoms with E-state index in [4.69, 9.17) is 0 Å². The van der Waals surface area contributed by atoms with Crippen molar-refractivity contribution in [1.82, 2.24) is 34.3 Å². The lowest BCUT2D eigenvalue weighted by atomic mass is 10.1. The molecule has 138 valence electrons. The number of hydrogen-bond acceptors (Lipinski definition) is 6. The number of aryl methyl sites for hydroxylation is 4. The third-order valence-corrected chi connectivity index (χ3v) is 6.12. The Morgan fingerprint density at radius 2 is 2.15 bits per heavy atom. The van der Waals surface area contributed by atoms with Crippen LogP contribution in [0, 0.1) is 6.92 Å². The van der Waals surface area contributed by atoms with Crippen LogP contribution in [0.3, 0.4) is 0 Å². The van der Waals surface area contributed by atoms with Gasteiger partial charge in [0.25, 0.3) is 0 Å². The first-order valence-corrected chi connectivity index (χ1v) is 10.1. The lowest BCUT2D eigenvalue weighted by molar-refractivity contribution is 0.399. The van der Waals surface area contributed by atoms with Crippen molar-refractivity contribution in [2.45, 2.75) is 50.6 Å². The van der Waals surface area contributed by atoms with Crippen molar-refractivity contribution in [3.8, 4) is 0 Å². The Kier molecular flexibility index (Phi) is 4.03. The van der Waals surface area contributed by atoms with E-state index in [1.807, 2.05) is 18.5 Å². The molecule has 0 spiro atoms. The molecular formula is C16H21N7O2S. The van der Waals surface area contributed by atoms with E-state index in [-0.39, 0.29) is 10.9 Å². The number of nitrogens with one attached hydrogen (secondary N) is 1.